The molecule has 17 heavy (non-hydrogen) atoms. The zero-order valence-corrected chi connectivity index (χ0v) is 10.9. The third-order valence-electron chi connectivity index (χ3n) is 2.69. The van der Waals surface area contributed by atoms with Crippen molar-refractivity contribution in [3.8, 4) is 0 Å². The van der Waals surface area contributed by atoms with Crippen LogP contribution in [0.5, 0.6) is 0 Å². The number of hydrogen-bond acceptors (Lipinski definition) is 3. The minimum atomic E-state index is -0.697. The molecule has 0 spiro atoms. The van der Waals surface area contributed by atoms with Crippen LogP contribution in [-0.2, 0) is 22.6 Å². The van der Waals surface area contributed by atoms with Gasteiger partial charge in [0.1, 0.15) is 0 Å². The number of aryl methyl sites for hydroxylation is 1. The van der Waals surface area contributed by atoms with Crippen LogP contribution in [0.3, 0.4) is 0 Å². The van der Waals surface area contributed by atoms with Crippen LogP contribution < -0.4 is 5.69 Å². The molecule has 0 aliphatic heterocycles. The molecule has 1 rings (SSSR count). The summed E-state index contributed by atoms with van der Waals surface area (Å²) >= 11 is 0. The lowest BCUT2D eigenvalue weighted by Gasteiger charge is -2.21. The van der Waals surface area contributed by atoms with Gasteiger partial charge >= 0.3 is 11.7 Å². The third kappa shape index (κ3) is 2.99. The first kappa shape index (κ1) is 13.5. The molecule has 0 unspecified atom stereocenters. The fraction of sp³-hybridized carbons (Fsp3) is 0.667. The van der Waals surface area contributed by atoms with Gasteiger partial charge in [-0.15, -0.1) is 0 Å². The fourth-order valence-corrected chi connectivity index (χ4v) is 1.75. The first-order chi connectivity index (χ1) is 7.92. The van der Waals surface area contributed by atoms with Crippen LogP contribution >= 0.6 is 0 Å². The Kier molecular flexibility index (Phi) is 4.15. The summed E-state index contributed by atoms with van der Waals surface area (Å²) in [7, 11) is 1.36. The number of rotatable bonds is 5. The highest BCUT2D eigenvalue weighted by Gasteiger charge is 2.29. The number of aromatic nitrogens is 2. The van der Waals surface area contributed by atoms with E-state index in [1.165, 1.54) is 7.11 Å². The van der Waals surface area contributed by atoms with E-state index in [2.05, 4.69) is 0 Å². The minimum Gasteiger partial charge on any atom is -0.469 e. The van der Waals surface area contributed by atoms with E-state index in [9.17, 15) is 9.59 Å². The second-order valence-corrected chi connectivity index (χ2v) is 4.78. The fourth-order valence-electron chi connectivity index (χ4n) is 1.75. The summed E-state index contributed by atoms with van der Waals surface area (Å²) in [5.41, 5.74) is -0.777. The van der Waals surface area contributed by atoms with Gasteiger partial charge in [-0.3, -0.25) is 13.9 Å². The van der Waals surface area contributed by atoms with E-state index in [1.807, 2.05) is 6.92 Å². The predicted octanol–water partition coefficient (Wildman–Crippen LogP) is 1.26. The maximum absolute atomic E-state index is 11.9. The van der Waals surface area contributed by atoms with Gasteiger partial charge in [-0.1, -0.05) is 6.92 Å². The summed E-state index contributed by atoms with van der Waals surface area (Å²) < 4.78 is 7.91. The Bertz CT molecular complexity index is 443. The molecule has 0 bridgehead atoms. The van der Waals surface area contributed by atoms with Crippen LogP contribution in [-0.4, -0.2) is 22.2 Å². The summed E-state index contributed by atoms with van der Waals surface area (Å²) in [5.74, 6) is -0.312. The maximum Gasteiger partial charge on any atom is 0.328 e. The Hall–Kier alpha value is -1.52. The highest BCUT2D eigenvalue weighted by atomic mass is 16.5. The number of imidazole rings is 1. The molecular weight excluding hydrogens is 220 g/mol. The van der Waals surface area contributed by atoms with E-state index < -0.39 is 5.41 Å². The van der Waals surface area contributed by atoms with Gasteiger partial charge < -0.3 is 4.74 Å². The van der Waals surface area contributed by atoms with Crippen molar-refractivity contribution in [2.45, 2.75) is 40.3 Å². The highest BCUT2D eigenvalue weighted by molar-refractivity contribution is 5.75. The Morgan fingerprint density at radius 1 is 1.35 bits per heavy atom. The summed E-state index contributed by atoms with van der Waals surface area (Å²) in [6.07, 6.45) is 4.37. The second kappa shape index (κ2) is 5.21. The lowest BCUT2D eigenvalue weighted by molar-refractivity contribution is -0.151. The average molecular weight is 240 g/mol. The number of hydrogen-bond donors (Lipinski definition) is 0. The van der Waals surface area contributed by atoms with E-state index in [0.29, 0.717) is 13.1 Å². The van der Waals surface area contributed by atoms with E-state index in [4.69, 9.17) is 4.74 Å². The van der Waals surface area contributed by atoms with E-state index >= 15 is 0 Å². The van der Waals surface area contributed by atoms with E-state index in [1.54, 1.807) is 35.4 Å². The standard InChI is InChI=1S/C12H20N2O3/c1-5-6-13-7-8-14(11(13)16)9-12(2,3)10(15)17-4/h7-8H,5-6,9H2,1-4H3. The lowest BCUT2D eigenvalue weighted by Crippen LogP contribution is -2.35. The van der Waals surface area contributed by atoms with Crippen molar-refractivity contribution >= 4 is 5.97 Å². The van der Waals surface area contributed by atoms with Crippen LogP contribution in [0.25, 0.3) is 0 Å². The molecule has 0 N–H and O–H groups in total. The van der Waals surface area contributed by atoms with Crippen LogP contribution in [0, 0.1) is 5.41 Å². The molecule has 1 aromatic rings. The molecule has 1 heterocycles. The van der Waals surface area contributed by atoms with Crippen LogP contribution in [0.15, 0.2) is 17.2 Å². The van der Waals surface area contributed by atoms with Crippen molar-refractivity contribution in [3.05, 3.63) is 22.9 Å². The van der Waals surface area contributed by atoms with Crippen molar-refractivity contribution in [2.24, 2.45) is 5.41 Å². The molecule has 0 aliphatic rings. The molecule has 0 aliphatic carbocycles. The zero-order valence-electron chi connectivity index (χ0n) is 10.9. The monoisotopic (exact) mass is 240 g/mol. The Morgan fingerprint density at radius 2 is 1.94 bits per heavy atom. The third-order valence-corrected chi connectivity index (χ3v) is 2.69. The molecule has 5 nitrogen and oxygen atoms in total. The van der Waals surface area contributed by atoms with Gasteiger partial charge in [0.15, 0.2) is 0 Å². The largest absolute Gasteiger partial charge is 0.469 e. The highest BCUT2D eigenvalue weighted by Crippen LogP contribution is 2.18. The number of carbonyl (C=O) groups excluding carboxylic acids is 1. The van der Waals surface area contributed by atoms with E-state index in [-0.39, 0.29) is 11.7 Å². The predicted molar refractivity (Wildman–Crippen MR) is 64.8 cm³/mol. The van der Waals surface area contributed by atoms with Gasteiger partial charge in [-0.25, -0.2) is 4.79 Å². The number of esters is 1. The van der Waals surface area contributed by atoms with Gasteiger partial charge in [0.05, 0.1) is 12.5 Å². The molecule has 0 radical (unpaired) electrons. The molecule has 0 fully saturated rings. The lowest BCUT2D eigenvalue weighted by atomic mass is 9.94. The maximum atomic E-state index is 11.9. The van der Waals surface area contributed by atoms with E-state index in [0.717, 1.165) is 6.42 Å². The van der Waals surface area contributed by atoms with Gasteiger partial charge in [-0.2, -0.15) is 0 Å². The molecule has 0 saturated carbocycles. The minimum absolute atomic E-state index is 0.0798. The van der Waals surface area contributed by atoms with Crippen LogP contribution in [0.1, 0.15) is 27.2 Å². The first-order valence-electron chi connectivity index (χ1n) is 5.76. The summed E-state index contributed by atoms with van der Waals surface area (Å²) in [6, 6.07) is 0. The molecule has 5 heteroatoms. The molecular formula is C12H20N2O3. The summed E-state index contributed by atoms with van der Waals surface area (Å²) in [5, 5.41) is 0. The summed E-state index contributed by atoms with van der Waals surface area (Å²) in [4.78, 5) is 23.5. The molecule has 96 valence electrons. The van der Waals surface area contributed by atoms with Crippen molar-refractivity contribution in [2.75, 3.05) is 7.11 Å². The normalized spacial score (nSPS) is 11.5. The van der Waals surface area contributed by atoms with Gasteiger partial charge in [-0.05, 0) is 20.3 Å². The van der Waals surface area contributed by atoms with Gasteiger partial charge in [0, 0.05) is 25.5 Å². The first-order valence-corrected chi connectivity index (χ1v) is 5.76. The SMILES string of the molecule is CCCn1ccn(CC(C)(C)C(=O)OC)c1=O. The second-order valence-electron chi connectivity index (χ2n) is 4.78. The number of ether oxygens (including phenoxy) is 1. The number of carbonyl (C=O) groups is 1. The van der Waals surface area contributed by atoms with Gasteiger partial charge in [0.2, 0.25) is 0 Å². The number of methoxy groups -OCH3 is 1. The van der Waals surface area contributed by atoms with Crippen molar-refractivity contribution in [3.63, 3.8) is 0 Å². The smallest absolute Gasteiger partial charge is 0.328 e. The van der Waals surface area contributed by atoms with Crippen LogP contribution in [0.2, 0.25) is 0 Å². The molecule has 0 atom stereocenters. The van der Waals surface area contributed by atoms with Crippen molar-refractivity contribution in [1.82, 2.24) is 9.13 Å². The molecule has 1 aromatic heterocycles. The quantitative estimate of drug-likeness (QED) is 0.728. The average Bonchev–Trinajstić information content (AvgIpc) is 2.60. The molecule has 0 saturated heterocycles. The molecule has 0 amide bonds. The Balaban J connectivity index is 2.89. The van der Waals surface area contributed by atoms with Crippen LogP contribution in [0.4, 0.5) is 0 Å². The Labute approximate surface area is 101 Å². The zero-order chi connectivity index (χ0) is 13.1. The van der Waals surface area contributed by atoms with Crippen molar-refractivity contribution in [1.29, 1.82) is 0 Å². The van der Waals surface area contributed by atoms with Crippen molar-refractivity contribution < 1.29 is 9.53 Å². The number of nitrogens with zero attached hydrogens (tertiary/aromatic N) is 2. The van der Waals surface area contributed by atoms with Gasteiger partial charge in [0.25, 0.3) is 0 Å². The summed E-state index contributed by atoms with van der Waals surface area (Å²) in [6.45, 7) is 6.58. The Morgan fingerprint density at radius 3 is 2.47 bits per heavy atom. The topological polar surface area (TPSA) is 53.2 Å². The molecule has 0 aromatic carbocycles.